The van der Waals surface area contributed by atoms with Crippen LogP contribution in [-0.4, -0.2) is 22.7 Å². The maximum absolute atomic E-state index is 11.9. The van der Waals surface area contributed by atoms with Crippen molar-refractivity contribution in [3.05, 3.63) is 32.8 Å². The van der Waals surface area contributed by atoms with E-state index in [4.69, 9.17) is 0 Å². The Labute approximate surface area is 121 Å². The molecule has 1 heterocycles. The van der Waals surface area contributed by atoms with Crippen LogP contribution < -0.4 is 4.90 Å². The molecule has 1 saturated heterocycles. The maximum atomic E-state index is 11.9. The first-order valence-corrected chi connectivity index (χ1v) is 7.24. The minimum Gasteiger partial charge on any atom is -0.311 e. The highest BCUT2D eigenvalue weighted by atomic mass is 79.9. The van der Waals surface area contributed by atoms with Crippen LogP contribution >= 0.6 is 31.9 Å². The number of nitro groups is 1. The third-order valence-electron chi connectivity index (χ3n) is 2.86. The molecule has 1 aliphatic rings. The summed E-state index contributed by atoms with van der Waals surface area (Å²) in [4.78, 5) is 23.7. The number of hydrogen-bond acceptors (Lipinski definition) is 3. The number of alkyl halides is 1. The number of non-ortho nitro benzene ring substituents is 1. The molecule has 1 unspecified atom stereocenters. The van der Waals surface area contributed by atoms with Gasteiger partial charge in [0.25, 0.3) is 5.69 Å². The van der Waals surface area contributed by atoms with Crippen LogP contribution in [0.2, 0.25) is 0 Å². The highest BCUT2D eigenvalue weighted by Crippen LogP contribution is 2.34. The van der Waals surface area contributed by atoms with E-state index in [0.29, 0.717) is 29.0 Å². The van der Waals surface area contributed by atoms with Crippen molar-refractivity contribution >= 4 is 49.1 Å². The molecule has 0 N–H and O–H groups in total. The van der Waals surface area contributed by atoms with Gasteiger partial charge in [-0.3, -0.25) is 14.9 Å². The number of carbonyl (C=O) groups is 1. The molecule has 0 bridgehead atoms. The number of nitrogens with zero attached hydrogens (tertiary/aromatic N) is 2. The summed E-state index contributed by atoms with van der Waals surface area (Å²) in [5.74, 6) is 0.341. The van der Waals surface area contributed by atoms with E-state index >= 15 is 0 Å². The van der Waals surface area contributed by atoms with Gasteiger partial charge in [0, 0.05) is 34.9 Å². The zero-order chi connectivity index (χ0) is 13.3. The van der Waals surface area contributed by atoms with Crippen LogP contribution in [0.1, 0.15) is 6.42 Å². The molecular weight excluding hydrogens is 368 g/mol. The van der Waals surface area contributed by atoms with Crippen molar-refractivity contribution in [2.75, 3.05) is 16.8 Å². The van der Waals surface area contributed by atoms with Gasteiger partial charge in [-0.25, -0.2) is 0 Å². The molecule has 1 amide bonds. The van der Waals surface area contributed by atoms with E-state index in [2.05, 4.69) is 31.9 Å². The summed E-state index contributed by atoms with van der Waals surface area (Å²) >= 11 is 6.66. The Morgan fingerprint density at radius 2 is 2.22 bits per heavy atom. The minimum atomic E-state index is -0.457. The van der Waals surface area contributed by atoms with E-state index in [0.717, 1.165) is 5.33 Å². The van der Waals surface area contributed by atoms with Crippen molar-refractivity contribution in [1.29, 1.82) is 0 Å². The Morgan fingerprint density at radius 1 is 1.50 bits per heavy atom. The van der Waals surface area contributed by atoms with Gasteiger partial charge in [0.2, 0.25) is 5.91 Å². The molecule has 96 valence electrons. The van der Waals surface area contributed by atoms with Crippen LogP contribution in [0.5, 0.6) is 0 Å². The molecule has 1 aliphatic heterocycles. The summed E-state index contributed by atoms with van der Waals surface area (Å²) in [5, 5.41) is 11.4. The Hall–Kier alpha value is -0.950. The van der Waals surface area contributed by atoms with E-state index in [1.165, 1.54) is 12.1 Å². The molecule has 0 spiro atoms. The molecule has 1 fully saturated rings. The molecule has 0 aliphatic carbocycles. The van der Waals surface area contributed by atoms with Crippen LogP contribution in [0.15, 0.2) is 22.7 Å². The quantitative estimate of drug-likeness (QED) is 0.462. The Kier molecular flexibility index (Phi) is 4.01. The van der Waals surface area contributed by atoms with Crippen molar-refractivity contribution in [3.63, 3.8) is 0 Å². The van der Waals surface area contributed by atoms with Gasteiger partial charge in [-0.15, -0.1) is 0 Å². The van der Waals surface area contributed by atoms with Gasteiger partial charge in [0.05, 0.1) is 10.6 Å². The van der Waals surface area contributed by atoms with E-state index < -0.39 is 4.92 Å². The van der Waals surface area contributed by atoms with Crippen LogP contribution in [0.25, 0.3) is 0 Å². The molecule has 0 radical (unpaired) electrons. The molecule has 1 aromatic rings. The molecule has 1 aromatic carbocycles. The van der Waals surface area contributed by atoms with Crippen molar-refractivity contribution in [2.24, 2.45) is 5.92 Å². The summed E-state index contributed by atoms with van der Waals surface area (Å²) in [5.41, 5.74) is 0.698. The smallest absolute Gasteiger partial charge is 0.270 e. The standard InChI is InChI=1S/C11H10Br2N2O3/c12-5-7-3-11(16)14(6-7)10-2-1-8(15(17)18)4-9(10)13/h1-2,4,7H,3,5-6H2. The first-order chi connectivity index (χ1) is 8.52. The second-order valence-electron chi connectivity index (χ2n) is 4.12. The van der Waals surface area contributed by atoms with E-state index in [1.807, 2.05) is 0 Å². The summed E-state index contributed by atoms with van der Waals surface area (Å²) in [6.45, 7) is 0.639. The van der Waals surface area contributed by atoms with E-state index in [1.54, 1.807) is 11.0 Å². The van der Waals surface area contributed by atoms with Gasteiger partial charge in [-0.05, 0) is 27.9 Å². The third-order valence-corrected chi connectivity index (χ3v) is 4.41. The lowest BCUT2D eigenvalue weighted by Gasteiger charge is -2.17. The number of carbonyl (C=O) groups excluding carboxylic acids is 1. The lowest BCUT2D eigenvalue weighted by atomic mass is 10.2. The Bertz CT molecular complexity index is 507. The maximum Gasteiger partial charge on any atom is 0.270 e. The lowest BCUT2D eigenvalue weighted by molar-refractivity contribution is -0.384. The predicted octanol–water partition coefficient (Wildman–Crippen LogP) is 3.11. The second kappa shape index (κ2) is 5.36. The fraction of sp³-hybridized carbons (Fsp3) is 0.364. The molecule has 5 nitrogen and oxygen atoms in total. The first-order valence-electron chi connectivity index (χ1n) is 5.33. The highest BCUT2D eigenvalue weighted by Gasteiger charge is 2.31. The number of nitro benzene ring substituents is 1. The van der Waals surface area contributed by atoms with E-state index in [-0.39, 0.29) is 11.6 Å². The number of hydrogen-bond donors (Lipinski definition) is 0. The molecule has 0 aromatic heterocycles. The van der Waals surface area contributed by atoms with E-state index in [9.17, 15) is 14.9 Å². The Balaban J connectivity index is 2.29. The summed E-state index contributed by atoms with van der Waals surface area (Å²) in [6.07, 6.45) is 0.509. The number of benzene rings is 1. The summed E-state index contributed by atoms with van der Waals surface area (Å²) in [6, 6.07) is 4.44. The zero-order valence-electron chi connectivity index (χ0n) is 9.31. The van der Waals surface area contributed by atoms with Crippen LogP contribution in [-0.2, 0) is 4.79 Å². The van der Waals surface area contributed by atoms with Crippen LogP contribution in [0.4, 0.5) is 11.4 Å². The van der Waals surface area contributed by atoms with Gasteiger partial charge in [0.1, 0.15) is 0 Å². The largest absolute Gasteiger partial charge is 0.311 e. The molecule has 7 heteroatoms. The number of amides is 1. The summed E-state index contributed by atoms with van der Waals surface area (Å²) < 4.78 is 0.570. The normalized spacial score (nSPS) is 19.3. The molecule has 18 heavy (non-hydrogen) atoms. The first kappa shape index (κ1) is 13.5. The number of rotatable bonds is 3. The summed E-state index contributed by atoms with van der Waals surface area (Å²) in [7, 11) is 0. The average molecular weight is 378 g/mol. The zero-order valence-corrected chi connectivity index (χ0v) is 12.5. The van der Waals surface area contributed by atoms with Crippen LogP contribution in [0, 0.1) is 16.0 Å². The molecule has 1 atom stereocenters. The van der Waals surface area contributed by atoms with Crippen LogP contribution in [0.3, 0.4) is 0 Å². The minimum absolute atomic E-state index is 0.00862. The van der Waals surface area contributed by atoms with Crippen molar-refractivity contribution in [3.8, 4) is 0 Å². The second-order valence-corrected chi connectivity index (χ2v) is 5.62. The Morgan fingerprint density at radius 3 is 2.72 bits per heavy atom. The predicted molar refractivity (Wildman–Crippen MR) is 75.1 cm³/mol. The highest BCUT2D eigenvalue weighted by molar-refractivity contribution is 9.10. The monoisotopic (exact) mass is 376 g/mol. The molecule has 2 rings (SSSR count). The fourth-order valence-corrected chi connectivity index (χ4v) is 2.96. The van der Waals surface area contributed by atoms with Crippen molar-refractivity contribution in [2.45, 2.75) is 6.42 Å². The fourth-order valence-electron chi connectivity index (χ4n) is 1.95. The van der Waals surface area contributed by atoms with Gasteiger partial charge in [0.15, 0.2) is 0 Å². The lowest BCUT2D eigenvalue weighted by Crippen LogP contribution is -2.25. The SMILES string of the molecule is O=C1CC(CBr)CN1c1ccc([N+](=O)[O-])cc1Br. The van der Waals surface area contributed by atoms with Gasteiger partial charge in [-0.1, -0.05) is 15.9 Å². The van der Waals surface area contributed by atoms with Gasteiger partial charge < -0.3 is 4.90 Å². The van der Waals surface area contributed by atoms with Crippen molar-refractivity contribution < 1.29 is 9.72 Å². The average Bonchev–Trinajstić information content (AvgIpc) is 2.70. The third kappa shape index (κ3) is 2.56. The topological polar surface area (TPSA) is 63.5 Å². The number of halogens is 2. The molecule has 0 saturated carbocycles. The number of anilines is 1. The van der Waals surface area contributed by atoms with Crippen molar-refractivity contribution in [1.82, 2.24) is 0 Å². The van der Waals surface area contributed by atoms with Gasteiger partial charge >= 0.3 is 0 Å². The van der Waals surface area contributed by atoms with Gasteiger partial charge in [-0.2, -0.15) is 0 Å². The molecular formula is C11H10Br2N2O3.